The van der Waals surface area contributed by atoms with Crippen LogP contribution in [-0.4, -0.2) is 83.2 Å². The van der Waals surface area contributed by atoms with Crippen molar-refractivity contribution in [3.63, 3.8) is 0 Å². The van der Waals surface area contributed by atoms with Crippen molar-refractivity contribution in [2.24, 2.45) is 27.7 Å². The SMILES string of the molecule is CCC(=O)C[C@H](C(=O)N1CCC[C@H]1C1=Nc2ccc(-c3ccc(-c4ccc(C5=CN=C([C@@H]6CCCN6C(=O)[C@@H](NC(=O)OC)C(C)C)C5)s4)c4c3C3(CCC4)CCC3)cc2C1)C(C)C. The summed E-state index contributed by atoms with van der Waals surface area (Å²) in [5, 5.41) is 2.76. The first-order valence-corrected chi connectivity index (χ1v) is 24.9. The molecule has 6 aliphatic rings. The highest BCUT2D eigenvalue weighted by Gasteiger charge is 2.45. The van der Waals surface area contributed by atoms with Crippen LogP contribution < -0.4 is 5.32 Å². The number of nitrogens with one attached hydrogen (secondary N) is 1. The third-order valence-corrected chi connectivity index (χ3v) is 16.6. The molecular formula is C53H65N5O5S. The van der Waals surface area contributed by atoms with Gasteiger partial charge in [0.15, 0.2) is 0 Å². The van der Waals surface area contributed by atoms with Gasteiger partial charge in [-0.1, -0.05) is 59.2 Å². The Labute approximate surface area is 383 Å². The van der Waals surface area contributed by atoms with Crippen molar-refractivity contribution in [3.8, 4) is 21.6 Å². The van der Waals surface area contributed by atoms with Crippen LogP contribution in [0.4, 0.5) is 10.5 Å². The number of fused-ring (bicyclic) bond motifs is 3. The molecule has 64 heavy (non-hydrogen) atoms. The Morgan fingerprint density at radius 3 is 2.22 bits per heavy atom. The van der Waals surface area contributed by atoms with Crippen molar-refractivity contribution < 1.29 is 23.9 Å². The van der Waals surface area contributed by atoms with Crippen LogP contribution in [0.1, 0.15) is 133 Å². The lowest BCUT2D eigenvalue weighted by Gasteiger charge is -2.48. The Hall–Kier alpha value is -4.90. The fourth-order valence-electron chi connectivity index (χ4n) is 11.7. The average molecular weight is 884 g/mol. The van der Waals surface area contributed by atoms with Gasteiger partial charge in [-0.2, -0.15) is 0 Å². The van der Waals surface area contributed by atoms with Gasteiger partial charge in [0, 0.05) is 72.1 Å². The molecule has 0 unspecified atom stereocenters. The third-order valence-electron chi connectivity index (χ3n) is 15.4. The maximum Gasteiger partial charge on any atom is 0.407 e. The van der Waals surface area contributed by atoms with Crippen molar-refractivity contribution in [2.45, 2.75) is 148 Å². The highest BCUT2D eigenvalue weighted by atomic mass is 32.1. The largest absolute Gasteiger partial charge is 0.453 e. The summed E-state index contributed by atoms with van der Waals surface area (Å²) in [6, 6.07) is 15.4. The number of amides is 3. The second-order valence-corrected chi connectivity index (χ2v) is 21.0. The number of hydrogen-bond donors (Lipinski definition) is 1. The zero-order valence-corrected chi connectivity index (χ0v) is 39.5. The van der Waals surface area contributed by atoms with E-state index in [1.54, 1.807) is 5.56 Å². The zero-order valence-electron chi connectivity index (χ0n) is 38.6. The van der Waals surface area contributed by atoms with Crippen molar-refractivity contribution in [3.05, 3.63) is 70.2 Å². The van der Waals surface area contributed by atoms with E-state index < -0.39 is 12.1 Å². The van der Waals surface area contributed by atoms with Gasteiger partial charge in [0.25, 0.3) is 0 Å². The summed E-state index contributed by atoms with van der Waals surface area (Å²) in [6.45, 7) is 11.3. The van der Waals surface area contributed by atoms with Crippen LogP contribution in [0, 0.1) is 17.8 Å². The molecule has 10 nitrogen and oxygen atoms in total. The summed E-state index contributed by atoms with van der Waals surface area (Å²) in [7, 11) is 1.32. The maximum absolute atomic E-state index is 14.0. The van der Waals surface area contributed by atoms with Crippen LogP contribution in [0.5, 0.6) is 0 Å². The number of methoxy groups -OCH3 is 1. The van der Waals surface area contributed by atoms with Crippen LogP contribution >= 0.6 is 11.3 Å². The van der Waals surface area contributed by atoms with E-state index in [-0.39, 0.29) is 52.8 Å². The van der Waals surface area contributed by atoms with Gasteiger partial charge in [0.05, 0.1) is 24.9 Å². The first-order valence-electron chi connectivity index (χ1n) is 24.1. The molecule has 11 heteroatoms. The van der Waals surface area contributed by atoms with Crippen LogP contribution in [0.3, 0.4) is 0 Å². The number of rotatable bonds is 13. The molecule has 2 aliphatic carbocycles. The van der Waals surface area contributed by atoms with Gasteiger partial charge in [-0.05, 0) is 138 Å². The molecular weight excluding hydrogens is 819 g/mol. The van der Waals surface area contributed by atoms with Crippen LogP contribution in [0.15, 0.2) is 58.6 Å². The fourth-order valence-corrected chi connectivity index (χ4v) is 12.8. The highest BCUT2D eigenvalue weighted by Crippen LogP contribution is 2.56. The molecule has 3 aromatic rings. The number of likely N-dealkylation sites (tertiary alicyclic amines) is 2. The van der Waals surface area contributed by atoms with Crippen molar-refractivity contribution in [1.82, 2.24) is 15.1 Å². The number of thiophene rings is 1. The molecule has 338 valence electrons. The second kappa shape index (κ2) is 18.2. The number of hydrogen-bond acceptors (Lipinski definition) is 8. The van der Waals surface area contributed by atoms with Gasteiger partial charge < -0.3 is 19.9 Å². The van der Waals surface area contributed by atoms with Gasteiger partial charge in [0.2, 0.25) is 11.8 Å². The lowest BCUT2D eigenvalue weighted by atomic mass is 9.56. The van der Waals surface area contributed by atoms with Gasteiger partial charge in [-0.3, -0.25) is 24.4 Å². The highest BCUT2D eigenvalue weighted by molar-refractivity contribution is 7.16. The second-order valence-electron chi connectivity index (χ2n) is 19.9. The monoisotopic (exact) mass is 883 g/mol. The zero-order chi connectivity index (χ0) is 44.9. The average Bonchev–Trinajstić information content (AvgIpc) is 4.14. The van der Waals surface area contributed by atoms with E-state index in [1.807, 2.05) is 48.1 Å². The molecule has 1 spiro atoms. The van der Waals surface area contributed by atoms with Gasteiger partial charge in [-0.15, -0.1) is 11.3 Å². The topological polar surface area (TPSA) is 121 Å². The molecule has 3 amide bonds. The minimum Gasteiger partial charge on any atom is -0.453 e. The molecule has 4 aliphatic heterocycles. The van der Waals surface area contributed by atoms with E-state index in [0.717, 1.165) is 62.2 Å². The van der Waals surface area contributed by atoms with Crippen LogP contribution in [0.2, 0.25) is 0 Å². The number of ether oxygens (including phenoxy) is 1. The number of carbonyl (C=O) groups is 4. The number of carbonyl (C=O) groups excluding carboxylic acids is 4. The number of Topliss-reactive ketones (excluding diaryl/α,β-unsaturated/α-hetero) is 1. The number of nitrogens with zero attached hydrogens (tertiary/aromatic N) is 4. The molecule has 0 radical (unpaired) electrons. The van der Waals surface area contributed by atoms with Crippen molar-refractivity contribution in [1.29, 1.82) is 0 Å². The molecule has 3 fully saturated rings. The number of aliphatic imine (C=N–C) groups is 2. The number of ketones is 1. The van der Waals surface area contributed by atoms with Crippen LogP contribution in [0.25, 0.3) is 27.1 Å². The molecule has 1 saturated carbocycles. The summed E-state index contributed by atoms with van der Waals surface area (Å²) >= 11 is 1.85. The number of alkyl carbamates (subject to hydrolysis) is 1. The standard InChI is InChI=1S/C53H65N5O5S/c1-7-36(59)29-40(31(2)3)50(60)57-24-10-14-45(57)43-27-34-26-33(15-18-41(34)55-43)37-16-17-38(39-12-8-21-53(48(37)39)22-11-23-53)47-20-19-46(64-47)35-28-42(54-30-35)44-13-9-25-58(44)51(61)49(32(4)5)56-52(62)63-6/h15-20,26,30-32,40,44-45,49H,7-14,21-25,27-29H2,1-6H3,(H,56,62)/t40-,44-,45-,49-/m0/s1. The summed E-state index contributed by atoms with van der Waals surface area (Å²) in [6.07, 6.45) is 14.6. The van der Waals surface area contributed by atoms with E-state index in [9.17, 15) is 19.2 Å². The van der Waals surface area contributed by atoms with E-state index in [2.05, 4.69) is 61.6 Å². The van der Waals surface area contributed by atoms with Gasteiger partial charge in [0.1, 0.15) is 11.8 Å². The minimum atomic E-state index is -0.650. The molecule has 9 rings (SSSR count). The lowest BCUT2D eigenvalue weighted by molar-refractivity contribution is -0.139. The molecule has 5 heterocycles. The molecule has 0 bridgehead atoms. The van der Waals surface area contributed by atoms with E-state index >= 15 is 0 Å². The lowest BCUT2D eigenvalue weighted by Crippen LogP contribution is -2.53. The van der Waals surface area contributed by atoms with Gasteiger partial charge >= 0.3 is 6.09 Å². The van der Waals surface area contributed by atoms with Crippen LogP contribution in [-0.2, 0) is 37.4 Å². The quantitative estimate of drug-likeness (QED) is 0.183. The summed E-state index contributed by atoms with van der Waals surface area (Å²) in [5.74, 6) is -0.0556. The number of benzene rings is 2. The predicted octanol–water partition coefficient (Wildman–Crippen LogP) is 10.7. The molecule has 2 aromatic carbocycles. The first kappa shape index (κ1) is 44.3. The van der Waals surface area contributed by atoms with Crippen molar-refractivity contribution >= 4 is 57.7 Å². The summed E-state index contributed by atoms with van der Waals surface area (Å²) in [4.78, 5) is 69.0. The van der Waals surface area contributed by atoms with E-state index in [4.69, 9.17) is 14.7 Å². The Morgan fingerprint density at radius 1 is 0.828 bits per heavy atom. The summed E-state index contributed by atoms with van der Waals surface area (Å²) in [5.41, 5.74) is 12.8. The van der Waals surface area contributed by atoms with E-state index in [1.165, 1.54) is 82.4 Å². The Morgan fingerprint density at radius 2 is 1.53 bits per heavy atom. The molecule has 2 saturated heterocycles. The number of allylic oxidation sites excluding steroid dienone is 1. The predicted molar refractivity (Wildman–Crippen MR) is 256 cm³/mol. The smallest absolute Gasteiger partial charge is 0.407 e. The molecule has 1 N–H and O–H groups in total. The first-order chi connectivity index (χ1) is 30.9. The Bertz CT molecular complexity index is 2440. The fraction of sp³-hybridized carbons (Fsp3) is 0.547. The minimum absolute atomic E-state index is 0.0126. The molecule has 4 atom stereocenters. The summed E-state index contributed by atoms with van der Waals surface area (Å²) < 4.78 is 4.83. The Kier molecular flexibility index (Phi) is 12.6. The Balaban J connectivity index is 0.934. The van der Waals surface area contributed by atoms with E-state index in [0.29, 0.717) is 25.8 Å². The van der Waals surface area contributed by atoms with Crippen molar-refractivity contribution in [2.75, 3.05) is 20.2 Å². The third kappa shape index (κ3) is 8.19. The van der Waals surface area contributed by atoms with Gasteiger partial charge in [-0.25, -0.2) is 4.79 Å². The maximum atomic E-state index is 14.0. The normalized spacial score (nSPS) is 21.9. The molecule has 1 aromatic heterocycles.